The Morgan fingerprint density at radius 2 is 1.85 bits per heavy atom. The van der Waals surface area contributed by atoms with Gasteiger partial charge in [-0.15, -0.1) is 0 Å². The highest BCUT2D eigenvalue weighted by molar-refractivity contribution is 5.72. The molecule has 2 aliphatic carbocycles. The molecule has 0 unspecified atom stereocenters. The van der Waals surface area contributed by atoms with E-state index in [9.17, 15) is 4.79 Å². The Morgan fingerprint density at radius 3 is 2.63 bits per heavy atom. The molecule has 1 heterocycles. The Balaban J connectivity index is 1.24. The maximum Gasteiger partial charge on any atom is 0.417 e. The standard InChI is InChI=1S/C23H34N2O2/c1-25(15-5-8-17-6-3-2-4-7-17)20-12-9-18(10-13-20)19-11-14-21-22(16-19)27-23(26)24-21/h11,14,16-18,20H,2-10,12-13,15H2,1H3,(H,24,26)/t18-,20-. The first-order valence-corrected chi connectivity index (χ1v) is 11.0. The number of benzene rings is 1. The van der Waals surface area contributed by atoms with Gasteiger partial charge in [0.2, 0.25) is 0 Å². The molecule has 0 radical (unpaired) electrons. The number of H-pyrrole nitrogens is 1. The number of hydrogen-bond donors (Lipinski definition) is 1. The number of oxazole rings is 1. The summed E-state index contributed by atoms with van der Waals surface area (Å²) in [6.07, 6.45) is 15.1. The van der Waals surface area contributed by atoms with Gasteiger partial charge in [0, 0.05) is 6.04 Å². The van der Waals surface area contributed by atoms with Gasteiger partial charge >= 0.3 is 5.76 Å². The number of rotatable bonds is 6. The molecular formula is C23H34N2O2. The Kier molecular flexibility index (Phi) is 6.01. The van der Waals surface area contributed by atoms with Gasteiger partial charge < -0.3 is 9.32 Å². The summed E-state index contributed by atoms with van der Waals surface area (Å²) in [7, 11) is 2.33. The number of fused-ring (bicyclic) bond motifs is 1. The molecule has 0 saturated heterocycles. The molecule has 4 nitrogen and oxygen atoms in total. The van der Waals surface area contributed by atoms with Crippen LogP contribution < -0.4 is 5.76 Å². The molecule has 2 fully saturated rings. The van der Waals surface area contributed by atoms with Crippen molar-refractivity contribution in [3.8, 4) is 0 Å². The monoisotopic (exact) mass is 370 g/mol. The Morgan fingerprint density at radius 1 is 1.07 bits per heavy atom. The first-order valence-electron chi connectivity index (χ1n) is 11.0. The average Bonchev–Trinajstić information content (AvgIpc) is 3.08. The molecule has 1 N–H and O–H groups in total. The number of aromatic amines is 1. The summed E-state index contributed by atoms with van der Waals surface area (Å²) in [5.74, 6) is 1.24. The summed E-state index contributed by atoms with van der Waals surface area (Å²) < 4.78 is 5.23. The number of aromatic nitrogens is 1. The number of nitrogens with one attached hydrogen (secondary N) is 1. The first kappa shape index (κ1) is 18.8. The molecule has 0 bridgehead atoms. The van der Waals surface area contributed by atoms with Crippen molar-refractivity contribution in [2.45, 2.75) is 82.6 Å². The third-order valence-corrected chi connectivity index (χ3v) is 7.08. The molecule has 2 aliphatic rings. The van der Waals surface area contributed by atoms with Crippen molar-refractivity contribution in [2.75, 3.05) is 13.6 Å². The van der Waals surface area contributed by atoms with Crippen LogP contribution in [0.5, 0.6) is 0 Å². The van der Waals surface area contributed by atoms with Gasteiger partial charge in [0.1, 0.15) is 0 Å². The van der Waals surface area contributed by atoms with Crippen LogP contribution in [-0.2, 0) is 0 Å². The lowest BCUT2D eigenvalue weighted by atomic mass is 9.81. The van der Waals surface area contributed by atoms with Crippen molar-refractivity contribution >= 4 is 11.1 Å². The van der Waals surface area contributed by atoms with Crippen molar-refractivity contribution in [3.63, 3.8) is 0 Å². The van der Waals surface area contributed by atoms with Gasteiger partial charge in [-0.1, -0.05) is 38.2 Å². The predicted molar refractivity (Wildman–Crippen MR) is 110 cm³/mol. The van der Waals surface area contributed by atoms with Gasteiger partial charge in [-0.3, -0.25) is 4.98 Å². The predicted octanol–water partition coefficient (Wildman–Crippen LogP) is 5.44. The first-order chi connectivity index (χ1) is 13.2. The fourth-order valence-electron chi connectivity index (χ4n) is 5.35. The van der Waals surface area contributed by atoms with Crippen LogP contribution in [0.1, 0.15) is 82.1 Å². The van der Waals surface area contributed by atoms with Crippen LogP contribution in [0.4, 0.5) is 0 Å². The van der Waals surface area contributed by atoms with Gasteiger partial charge in [-0.05, 0) is 81.6 Å². The van der Waals surface area contributed by atoms with Crippen LogP contribution in [0.3, 0.4) is 0 Å². The van der Waals surface area contributed by atoms with Gasteiger partial charge in [-0.2, -0.15) is 0 Å². The Hall–Kier alpha value is -1.55. The largest absolute Gasteiger partial charge is 0.417 e. The van der Waals surface area contributed by atoms with Crippen LogP contribution >= 0.6 is 0 Å². The van der Waals surface area contributed by atoms with E-state index in [1.165, 1.54) is 82.7 Å². The van der Waals surface area contributed by atoms with Gasteiger partial charge in [0.25, 0.3) is 0 Å². The van der Waals surface area contributed by atoms with E-state index in [2.05, 4.69) is 29.1 Å². The molecule has 2 saturated carbocycles. The Bertz CT molecular complexity index is 779. The fraction of sp³-hybridized carbons (Fsp3) is 0.696. The molecule has 27 heavy (non-hydrogen) atoms. The zero-order valence-electron chi connectivity index (χ0n) is 16.7. The van der Waals surface area contributed by atoms with E-state index in [0.29, 0.717) is 11.5 Å². The minimum atomic E-state index is -0.360. The minimum Gasteiger partial charge on any atom is -0.408 e. The van der Waals surface area contributed by atoms with Crippen LogP contribution in [0.15, 0.2) is 27.4 Å². The minimum absolute atomic E-state index is 0.360. The normalized spacial score (nSPS) is 24.7. The molecule has 4 rings (SSSR count). The van der Waals surface area contributed by atoms with Gasteiger partial charge in [0.05, 0.1) is 5.52 Å². The quantitative estimate of drug-likeness (QED) is 0.736. The van der Waals surface area contributed by atoms with Gasteiger partial charge in [-0.25, -0.2) is 4.79 Å². The van der Waals surface area contributed by atoms with Crippen molar-refractivity contribution < 1.29 is 4.42 Å². The maximum atomic E-state index is 11.4. The molecular weight excluding hydrogens is 336 g/mol. The van der Waals surface area contributed by atoms with E-state index in [1.54, 1.807) is 0 Å². The van der Waals surface area contributed by atoms with E-state index in [0.717, 1.165) is 17.5 Å². The van der Waals surface area contributed by atoms with E-state index < -0.39 is 0 Å². The number of nitrogens with zero attached hydrogens (tertiary/aromatic N) is 1. The van der Waals surface area contributed by atoms with Crippen molar-refractivity contribution in [3.05, 3.63) is 34.3 Å². The molecule has 1 aromatic carbocycles. The third kappa shape index (κ3) is 4.66. The van der Waals surface area contributed by atoms with Crippen molar-refractivity contribution in [1.29, 1.82) is 0 Å². The molecule has 148 valence electrons. The highest BCUT2D eigenvalue weighted by Gasteiger charge is 2.25. The van der Waals surface area contributed by atoms with Crippen molar-refractivity contribution in [2.24, 2.45) is 5.92 Å². The van der Waals surface area contributed by atoms with Crippen LogP contribution in [-0.4, -0.2) is 29.5 Å². The SMILES string of the molecule is CN(CCCC1CCCCC1)[C@H]1CC[C@H](c2ccc3[nH]c(=O)oc3c2)CC1. The summed E-state index contributed by atoms with van der Waals surface area (Å²) in [5.41, 5.74) is 2.82. The highest BCUT2D eigenvalue weighted by atomic mass is 16.4. The molecule has 2 aromatic rings. The lowest BCUT2D eigenvalue weighted by molar-refractivity contribution is 0.174. The summed E-state index contributed by atoms with van der Waals surface area (Å²) >= 11 is 0. The third-order valence-electron chi connectivity index (χ3n) is 7.08. The maximum absolute atomic E-state index is 11.4. The zero-order valence-corrected chi connectivity index (χ0v) is 16.7. The second kappa shape index (κ2) is 8.64. The second-order valence-corrected chi connectivity index (χ2v) is 8.90. The topological polar surface area (TPSA) is 49.2 Å². The number of hydrogen-bond acceptors (Lipinski definition) is 3. The fourth-order valence-corrected chi connectivity index (χ4v) is 5.35. The lowest BCUT2D eigenvalue weighted by Gasteiger charge is -2.35. The van der Waals surface area contributed by atoms with E-state index in [-0.39, 0.29) is 5.76 Å². The molecule has 1 aromatic heterocycles. The van der Waals surface area contributed by atoms with E-state index >= 15 is 0 Å². The molecule has 0 spiro atoms. The van der Waals surface area contributed by atoms with Crippen molar-refractivity contribution in [1.82, 2.24) is 9.88 Å². The molecule has 4 heteroatoms. The van der Waals surface area contributed by atoms with Crippen LogP contribution in [0.25, 0.3) is 11.1 Å². The van der Waals surface area contributed by atoms with Crippen LogP contribution in [0, 0.1) is 5.92 Å². The average molecular weight is 371 g/mol. The highest BCUT2D eigenvalue weighted by Crippen LogP contribution is 2.35. The zero-order chi connectivity index (χ0) is 18.6. The Labute approximate surface area is 162 Å². The summed E-state index contributed by atoms with van der Waals surface area (Å²) in [4.78, 5) is 16.7. The molecule has 0 atom stereocenters. The van der Waals surface area contributed by atoms with E-state index in [1.807, 2.05) is 6.07 Å². The van der Waals surface area contributed by atoms with E-state index in [4.69, 9.17) is 4.42 Å². The second-order valence-electron chi connectivity index (χ2n) is 8.90. The lowest BCUT2D eigenvalue weighted by Crippen LogP contribution is -2.35. The summed E-state index contributed by atoms with van der Waals surface area (Å²) in [6, 6.07) is 6.94. The molecule has 0 amide bonds. The summed E-state index contributed by atoms with van der Waals surface area (Å²) in [5, 5.41) is 0. The summed E-state index contributed by atoms with van der Waals surface area (Å²) in [6.45, 7) is 1.26. The van der Waals surface area contributed by atoms with Gasteiger partial charge in [0.15, 0.2) is 5.58 Å². The molecule has 0 aliphatic heterocycles. The smallest absolute Gasteiger partial charge is 0.408 e. The van der Waals surface area contributed by atoms with Crippen LogP contribution in [0.2, 0.25) is 0 Å².